The van der Waals surface area contributed by atoms with Gasteiger partial charge in [0.05, 0.1) is 0 Å². The van der Waals surface area contributed by atoms with Crippen molar-refractivity contribution in [1.29, 1.82) is 0 Å². The lowest BCUT2D eigenvalue weighted by Crippen LogP contribution is -2.15. The first-order valence-electron chi connectivity index (χ1n) is 6.93. The molecule has 0 amide bonds. The minimum Gasteiger partial charge on any atom is -0.477 e. The molecule has 112 valence electrons. The van der Waals surface area contributed by atoms with Crippen LogP contribution in [0.3, 0.4) is 0 Å². The molecule has 0 aliphatic carbocycles. The van der Waals surface area contributed by atoms with Crippen LogP contribution in [0.15, 0.2) is 48.5 Å². The first kappa shape index (κ1) is 14.6. The maximum atomic E-state index is 11.4. The zero-order chi connectivity index (χ0) is 15.5. The van der Waals surface area contributed by atoms with E-state index in [4.69, 9.17) is 11.6 Å². The number of carbonyl (C=O) groups is 1. The van der Waals surface area contributed by atoms with Gasteiger partial charge in [0, 0.05) is 34.6 Å². The summed E-state index contributed by atoms with van der Waals surface area (Å²) in [5.74, 6) is -0.945. The number of carboxylic acids is 1. The van der Waals surface area contributed by atoms with Gasteiger partial charge >= 0.3 is 5.97 Å². The highest BCUT2D eigenvalue weighted by atomic mass is 35.5. The quantitative estimate of drug-likeness (QED) is 0.671. The van der Waals surface area contributed by atoms with Gasteiger partial charge in [-0.15, -0.1) is 0 Å². The van der Waals surface area contributed by atoms with Gasteiger partial charge in [0.15, 0.2) is 0 Å². The number of hydrogen-bond acceptors (Lipinski definition) is 2. The van der Waals surface area contributed by atoms with E-state index in [2.05, 4.69) is 10.3 Å². The molecule has 4 nitrogen and oxygen atoms in total. The van der Waals surface area contributed by atoms with Gasteiger partial charge in [-0.1, -0.05) is 41.9 Å². The normalized spacial score (nSPS) is 11.0. The van der Waals surface area contributed by atoms with Crippen molar-refractivity contribution >= 4 is 28.5 Å². The number of fused-ring (bicyclic) bond motifs is 1. The lowest BCUT2D eigenvalue weighted by molar-refractivity contribution is 0.0690. The second kappa shape index (κ2) is 6.22. The van der Waals surface area contributed by atoms with E-state index in [1.807, 2.05) is 48.5 Å². The van der Waals surface area contributed by atoms with E-state index >= 15 is 0 Å². The lowest BCUT2D eigenvalue weighted by Gasteiger charge is -2.06. The fraction of sp³-hybridized carbons (Fsp3) is 0.118. The summed E-state index contributed by atoms with van der Waals surface area (Å²) in [5, 5.41) is 14.3. The van der Waals surface area contributed by atoms with E-state index in [0.29, 0.717) is 18.1 Å². The van der Waals surface area contributed by atoms with E-state index in [1.165, 1.54) is 0 Å². The minimum atomic E-state index is -0.945. The summed E-state index contributed by atoms with van der Waals surface area (Å²) in [5.41, 5.74) is 2.95. The van der Waals surface area contributed by atoms with Crippen LogP contribution in [0.25, 0.3) is 10.9 Å². The van der Waals surface area contributed by atoms with E-state index in [9.17, 15) is 9.90 Å². The number of hydrogen-bond donors (Lipinski definition) is 3. The molecule has 5 heteroatoms. The molecule has 0 atom stereocenters. The summed E-state index contributed by atoms with van der Waals surface area (Å²) in [6.45, 7) is 1.13. The van der Waals surface area contributed by atoms with Crippen molar-refractivity contribution in [3.63, 3.8) is 0 Å². The molecule has 22 heavy (non-hydrogen) atoms. The largest absolute Gasteiger partial charge is 0.477 e. The van der Waals surface area contributed by atoms with Gasteiger partial charge in [-0.05, 0) is 23.8 Å². The molecule has 1 heterocycles. The van der Waals surface area contributed by atoms with Crippen LogP contribution in [0.4, 0.5) is 0 Å². The summed E-state index contributed by atoms with van der Waals surface area (Å²) < 4.78 is 0. The second-order valence-electron chi connectivity index (χ2n) is 5.06. The Balaban J connectivity index is 1.79. The monoisotopic (exact) mass is 314 g/mol. The maximum Gasteiger partial charge on any atom is 0.352 e. The third-order valence-corrected chi connectivity index (χ3v) is 3.82. The van der Waals surface area contributed by atoms with Crippen LogP contribution in [-0.4, -0.2) is 16.1 Å². The number of halogens is 1. The Morgan fingerprint density at radius 2 is 1.82 bits per heavy atom. The van der Waals surface area contributed by atoms with E-state index in [-0.39, 0.29) is 5.69 Å². The van der Waals surface area contributed by atoms with Gasteiger partial charge in [0.25, 0.3) is 0 Å². The van der Waals surface area contributed by atoms with E-state index < -0.39 is 5.97 Å². The Bertz CT molecular complexity index is 809. The average molecular weight is 315 g/mol. The molecule has 1 aromatic heterocycles. The Labute approximate surface area is 132 Å². The second-order valence-corrected chi connectivity index (χ2v) is 5.50. The molecule has 0 fully saturated rings. The third-order valence-electron chi connectivity index (χ3n) is 3.57. The van der Waals surface area contributed by atoms with Crippen molar-refractivity contribution in [1.82, 2.24) is 10.3 Å². The third kappa shape index (κ3) is 2.98. The summed E-state index contributed by atoms with van der Waals surface area (Å²) >= 11 is 5.86. The van der Waals surface area contributed by atoms with Crippen molar-refractivity contribution in [2.24, 2.45) is 0 Å². The Hall–Kier alpha value is -2.30. The molecule has 2 aromatic carbocycles. The number of carboxylic acid groups (broad SMARTS) is 1. The van der Waals surface area contributed by atoms with Gasteiger partial charge < -0.3 is 15.4 Å². The number of nitrogens with one attached hydrogen (secondary N) is 2. The number of rotatable bonds is 5. The average Bonchev–Trinajstić information content (AvgIpc) is 2.89. The fourth-order valence-corrected chi connectivity index (χ4v) is 2.63. The van der Waals surface area contributed by atoms with E-state index in [0.717, 1.165) is 22.0 Å². The van der Waals surface area contributed by atoms with Gasteiger partial charge in [-0.25, -0.2) is 4.79 Å². The minimum absolute atomic E-state index is 0.241. The number of benzene rings is 2. The Kier molecular flexibility index (Phi) is 4.13. The molecule has 3 aromatic rings. The topological polar surface area (TPSA) is 65.1 Å². The van der Waals surface area contributed by atoms with Crippen LogP contribution < -0.4 is 5.32 Å². The maximum absolute atomic E-state index is 11.4. The van der Waals surface area contributed by atoms with Crippen LogP contribution in [0, 0.1) is 0 Å². The number of aromatic nitrogens is 1. The molecule has 3 N–H and O–H groups in total. The molecule has 0 radical (unpaired) electrons. The van der Waals surface area contributed by atoms with E-state index in [1.54, 1.807) is 0 Å². The first-order chi connectivity index (χ1) is 10.6. The Morgan fingerprint density at radius 1 is 1.09 bits per heavy atom. The molecule has 0 unspecified atom stereocenters. The van der Waals surface area contributed by atoms with Crippen molar-refractivity contribution in [2.45, 2.75) is 13.1 Å². The molecular weight excluding hydrogens is 300 g/mol. The van der Waals surface area contributed by atoms with Gasteiger partial charge in [-0.3, -0.25) is 0 Å². The molecule has 0 aliphatic rings. The predicted molar refractivity (Wildman–Crippen MR) is 87.3 cm³/mol. The summed E-state index contributed by atoms with van der Waals surface area (Å²) in [4.78, 5) is 14.4. The number of aromatic carboxylic acids is 1. The number of H-pyrrole nitrogens is 1. The Morgan fingerprint density at radius 3 is 2.55 bits per heavy atom. The van der Waals surface area contributed by atoms with Crippen molar-refractivity contribution in [3.05, 3.63) is 70.4 Å². The SMILES string of the molecule is O=C(O)c1[nH]c2ccccc2c1CNCc1ccc(Cl)cc1. The molecule has 3 rings (SSSR count). The fourth-order valence-electron chi connectivity index (χ4n) is 2.50. The van der Waals surface area contributed by atoms with Crippen molar-refractivity contribution in [3.8, 4) is 0 Å². The molecule has 0 spiro atoms. The van der Waals surface area contributed by atoms with Gasteiger partial charge in [0.1, 0.15) is 5.69 Å². The molecule has 0 aliphatic heterocycles. The zero-order valence-electron chi connectivity index (χ0n) is 11.8. The highest BCUT2D eigenvalue weighted by Crippen LogP contribution is 2.22. The number of para-hydroxylation sites is 1. The highest BCUT2D eigenvalue weighted by Gasteiger charge is 2.16. The summed E-state index contributed by atoms with van der Waals surface area (Å²) in [6.07, 6.45) is 0. The van der Waals surface area contributed by atoms with Crippen LogP contribution in [-0.2, 0) is 13.1 Å². The highest BCUT2D eigenvalue weighted by molar-refractivity contribution is 6.30. The summed E-state index contributed by atoms with van der Waals surface area (Å²) in [6, 6.07) is 15.2. The first-order valence-corrected chi connectivity index (χ1v) is 7.31. The van der Waals surface area contributed by atoms with Crippen LogP contribution in [0.5, 0.6) is 0 Å². The van der Waals surface area contributed by atoms with Crippen molar-refractivity contribution < 1.29 is 9.90 Å². The van der Waals surface area contributed by atoms with Gasteiger partial charge in [0.2, 0.25) is 0 Å². The molecule has 0 saturated heterocycles. The van der Waals surface area contributed by atoms with Crippen LogP contribution >= 0.6 is 11.6 Å². The molecular formula is C17H15ClN2O2. The lowest BCUT2D eigenvalue weighted by atomic mass is 10.1. The smallest absolute Gasteiger partial charge is 0.352 e. The standard InChI is InChI=1S/C17H15ClN2O2/c18-12-7-5-11(6-8-12)9-19-10-14-13-3-1-2-4-15(13)20-16(14)17(21)22/h1-8,19-20H,9-10H2,(H,21,22). The van der Waals surface area contributed by atoms with Gasteiger partial charge in [-0.2, -0.15) is 0 Å². The van der Waals surface area contributed by atoms with Crippen LogP contribution in [0.1, 0.15) is 21.6 Å². The van der Waals surface area contributed by atoms with Crippen molar-refractivity contribution in [2.75, 3.05) is 0 Å². The molecule has 0 saturated carbocycles. The zero-order valence-corrected chi connectivity index (χ0v) is 12.5. The molecule has 0 bridgehead atoms. The predicted octanol–water partition coefficient (Wildman–Crippen LogP) is 3.81. The summed E-state index contributed by atoms with van der Waals surface area (Å²) in [7, 11) is 0. The van der Waals surface area contributed by atoms with Crippen LogP contribution in [0.2, 0.25) is 5.02 Å². The number of aromatic amines is 1.